The Morgan fingerprint density at radius 1 is 1.19 bits per heavy atom. The van der Waals surface area contributed by atoms with Crippen molar-refractivity contribution in [3.05, 3.63) is 52.9 Å². The van der Waals surface area contributed by atoms with Crippen LogP contribution in [0.5, 0.6) is 11.5 Å². The molecule has 0 spiro atoms. The molecule has 0 aliphatic heterocycles. The Morgan fingerprint density at radius 2 is 1.93 bits per heavy atom. The Balaban J connectivity index is 2.15. The van der Waals surface area contributed by atoms with Gasteiger partial charge in [0.2, 0.25) is 0 Å². The van der Waals surface area contributed by atoms with Crippen molar-refractivity contribution in [2.45, 2.75) is 20.3 Å². The second-order valence-electron chi connectivity index (χ2n) is 6.00. The molecule has 0 saturated heterocycles. The molecule has 1 aromatic heterocycles. The van der Waals surface area contributed by atoms with E-state index in [9.17, 15) is 9.90 Å². The summed E-state index contributed by atoms with van der Waals surface area (Å²) in [5.74, 6) is 0.365. The number of carbonyl (C=O) groups is 1. The van der Waals surface area contributed by atoms with Crippen LogP contribution in [0.1, 0.15) is 17.4 Å². The van der Waals surface area contributed by atoms with Gasteiger partial charge >= 0.3 is 5.97 Å². The molecule has 3 aromatic rings. The number of methoxy groups -OCH3 is 1. The fourth-order valence-corrected chi connectivity index (χ4v) is 3.90. The number of aromatic nitrogens is 1. The van der Waals surface area contributed by atoms with Crippen LogP contribution in [0, 0.1) is 6.92 Å². The molecule has 0 aliphatic carbocycles. The lowest BCUT2D eigenvalue weighted by atomic mass is 10.1. The number of nitrogens with zero attached hydrogens (tertiary/aromatic N) is 1. The third-order valence-electron chi connectivity index (χ3n) is 4.05. The van der Waals surface area contributed by atoms with E-state index in [4.69, 9.17) is 14.5 Å². The zero-order chi connectivity index (χ0) is 19.4. The molecule has 2 aromatic carbocycles. The van der Waals surface area contributed by atoms with Gasteiger partial charge in [-0.05, 0) is 26.0 Å². The lowest BCUT2D eigenvalue weighted by Gasteiger charge is -2.12. The predicted octanol–water partition coefficient (Wildman–Crippen LogP) is 4.82. The smallest absolute Gasteiger partial charge is 0.308 e. The molecule has 1 heterocycles. The van der Waals surface area contributed by atoms with Crippen LogP contribution in [-0.4, -0.2) is 29.8 Å². The quantitative estimate of drug-likeness (QED) is 0.633. The van der Waals surface area contributed by atoms with Crippen LogP contribution in [0.25, 0.3) is 21.8 Å². The van der Waals surface area contributed by atoms with E-state index in [1.807, 2.05) is 56.3 Å². The van der Waals surface area contributed by atoms with Crippen LogP contribution in [0.4, 0.5) is 0 Å². The molecule has 0 saturated carbocycles. The zero-order valence-corrected chi connectivity index (χ0v) is 16.3. The average molecular weight is 383 g/mol. The van der Waals surface area contributed by atoms with Gasteiger partial charge in [-0.2, -0.15) is 0 Å². The number of carboxylic acids is 1. The normalized spacial score (nSPS) is 10.6. The third kappa shape index (κ3) is 4.11. The van der Waals surface area contributed by atoms with Crippen molar-refractivity contribution >= 4 is 17.3 Å². The number of para-hydroxylation sites is 1. The van der Waals surface area contributed by atoms with Gasteiger partial charge in [-0.15, -0.1) is 11.3 Å². The van der Waals surface area contributed by atoms with Gasteiger partial charge in [-0.25, -0.2) is 4.98 Å². The maximum Gasteiger partial charge on any atom is 0.308 e. The summed E-state index contributed by atoms with van der Waals surface area (Å²) >= 11 is 1.37. The van der Waals surface area contributed by atoms with Crippen LogP contribution >= 0.6 is 11.3 Å². The summed E-state index contributed by atoms with van der Waals surface area (Å²) in [6.45, 7) is 4.41. The summed E-state index contributed by atoms with van der Waals surface area (Å²) in [6, 6.07) is 13.5. The Bertz CT molecular complexity index is 947. The van der Waals surface area contributed by atoms with Gasteiger partial charge in [0, 0.05) is 10.4 Å². The molecule has 0 fully saturated rings. The summed E-state index contributed by atoms with van der Waals surface area (Å²) in [7, 11) is 1.59. The van der Waals surface area contributed by atoms with Gasteiger partial charge in [-0.1, -0.05) is 35.9 Å². The van der Waals surface area contributed by atoms with Crippen molar-refractivity contribution in [1.29, 1.82) is 0 Å². The van der Waals surface area contributed by atoms with Crippen LogP contribution in [0.3, 0.4) is 0 Å². The summed E-state index contributed by atoms with van der Waals surface area (Å²) in [5, 5.41) is 10.0. The third-order valence-corrected chi connectivity index (χ3v) is 5.14. The fourth-order valence-electron chi connectivity index (χ4n) is 2.80. The van der Waals surface area contributed by atoms with Crippen LogP contribution in [0.2, 0.25) is 0 Å². The van der Waals surface area contributed by atoms with Crippen molar-refractivity contribution in [3.8, 4) is 33.3 Å². The van der Waals surface area contributed by atoms with Crippen molar-refractivity contribution < 1.29 is 19.4 Å². The number of thiazole rings is 1. The second-order valence-corrected chi connectivity index (χ2v) is 7.08. The van der Waals surface area contributed by atoms with Gasteiger partial charge in [0.25, 0.3) is 0 Å². The molecule has 0 bridgehead atoms. The molecule has 5 nitrogen and oxygen atoms in total. The van der Waals surface area contributed by atoms with E-state index in [1.165, 1.54) is 11.3 Å². The number of hydrogen-bond acceptors (Lipinski definition) is 5. The minimum atomic E-state index is -0.880. The highest BCUT2D eigenvalue weighted by Crippen LogP contribution is 2.42. The topological polar surface area (TPSA) is 68.7 Å². The SMILES string of the molecule is CCOc1c(OC)cccc1-c1nc(-c2ccc(C)cc2)c(CC(=O)O)s1. The molecule has 140 valence electrons. The Kier molecular flexibility index (Phi) is 5.76. The van der Waals surface area contributed by atoms with Gasteiger partial charge in [-0.3, -0.25) is 4.79 Å². The zero-order valence-electron chi connectivity index (χ0n) is 15.5. The Labute approximate surface area is 162 Å². The highest BCUT2D eigenvalue weighted by Gasteiger charge is 2.20. The second kappa shape index (κ2) is 8.22. The van der Waals surface area contributed by atoms with E-state index >= 15 is 0 Å². The van der Waals surface area contributed by atoms with Gasteiger partial charge in [0.15, 0.2) is 11.5 Å². The molecule has 1 N–H and O–H groups in total. The Morgan fingerprint density at radius 3 is 2.56 bits per heavy atom. The van der Waals surface area contributed by atoms with E-state index in [-0.39, 0.29) is 6.42 Å². The molecule has 3 rings (SSSR count). The maximum atomic E-state index is 11.4. The summed E-state index contributed by atoms with van der Waals surface area (Å²) < 4.78 is 11.2. The maximum absolute atomic E-state index is 11.4. The van der Waals surface area contributed by atoms with E-state index in [0.29, 0.717) is 33.7 Å². The number of rotatable bonds is 7. The monoisotopic (exact) mass is 383 g/mol. The molecule has 27 heavy (non-hydrogen) atoms. The van der Waals surface area contributed by atoms with Gasteiger partial charge in [0.1, 0.15) is 5.01 Å². The summed E-state index contributed by atoms with van der Waals surface area (Å²) in [5.41, 5.74) is 3.54. The van der Waals surface area contributed by atoms with Crippen molar-refractivity contribution in [1.82, 2.24) is 4.98 Å². The summed E-state index contributed by atoms with van der Waals surface area (Å²) in [6.07, 6.45) is -0.0746. The molecule has 0 radical (unpaired) electrons. The van der Waals surface area contributed by atoms with E-state index in [1.54, 1.807) is 7.11 Å². The van der Waals surface area contributed by atoms with E-state index < -0.39 is 5.97 Å². The minimum Gasteiger partial charge on any atom is -0.493 e. The molecule has 6 heteroatoms. The molecule has 0 aliphatic rings. The fraction of sp³-hybridized carbons (Fsp3) is 0.238. The van der Waals surface area contributed by atoms with Crippen molar-refractivity contribution in [2.24, 2.45) is 0 Å². The van der Waals surface area contributed by atoms with E-state index in [2.05, 4.69) is 0 Å². The van der Waals surface area contributed by atoms with Crippen molar-refractivity contribution in [3.63, 3.8) is 0 Å². The van der Waals surface area contributed by atoms with Gasteiger partial charge in [0.05, 0.1) is 31.4 Å². The first-order chi connectivity index (χ1) is 13.0. The summed E-state index contributed by atoms with van der Waals surface area (Å²) in [4.78, 5) is 16.8. The van der Waals surface area contributed by atoms with Crippen LogP contribution in [0.15, 0.2) is 42.5 Å². The van der Waals surface area contributed by atoms with Crippen LogP contribution < -0.4 is 9.47 Å². The number of hydrogen-bond donors (Lipinski definition) is 1. The first kappa shape index (κ1) is 18.9. The van der Waals surface area contributed by atoms with Gasteiger partial charge < -0.3 is 14.6 Å². The molecule has 0 unspecified atom stereocenters. The highest BCUT2D eigenvalue weighted by atomic mass is 32.1. The largest absolute Gasteiger partial charge is 0.493 e. The number of benzene rings is 2. The average Bonchev–Trinajstić information content (AvgIpc) is 3.05. The molecule has 0 atom stereocenters. The molecular formula is C21H21NO4S. The highest BCUT2D eigenvalue weighted by molar-refractivity contribution is 7.15. The first-order valence-electron chi connectivity index (χ1n) is 8.62. The van der Waals surface area contributed by atoms with Crippen molar-refractivity contribution in [2.75, 3.05) is 13.7 Å². The minimum absolute atomic E-state index is 0.0746. The predicted molar refractivity (Wildman–Crippen MR) is 107 cm³/mol. The number of carboxylic acid groups (broad SMARTS) is 1. The Hall–Kier alpha value is -2.86. The number of aryl methyl sites for hydroxylation is 1. The van der Waals surface area contributed by atoms with Crippen LogP contribution in [-0.2, 0) is 11.2 Å². The number of aliphatic carboxylic acids is 1. The molecule has 0 amide bonds. The first-order valence-corrected chi connectivity index (χ1v) is 9.43. The molecular weight excluding hydrogens is 362 g/mol. The lowest BCUT2D eigenvalue weighted by molar-refractivity contribution is -0.136. The lowest BCUT2D eigenvalue weighted by Crippen LogP contribution is -1.99. The standard InChI is InChI=1S/C21H21NO4S/c1-4-26-20-15(6-5-7-16(20)25-3)21-22-19(17(27-21)12-18(23)24)14-10-8-13(2)9-11-14/h5-11H,4,12H2,1-3H3,(H,23,24). The number of ether oxygens (including phenoxy) is 2. The van der Waals surface area contributed by atoms with E-state index in [0.717, 1.165) is 16.7 Å².